The van der Waals surface area contributed by atoms with E-state index in [0.29, 0.717) is 10.9 Å². The first kappa shape index (κ1) is 15.4. The number of nitrogens with zero attached hydrogens (tertiary/aromatic N) is 4. The largest absolute Gasteiger partial charge is 0.297 e. The molecule has 6 heteroatoms. The van der Waals surface area contributed by atoms with Crippen LogP contribution in [0.3, 0.4) is 0 Å². The van der Waals surface area contributed by atoms with Gasteiger partial charge in [0.05, 0.1) is 5.71 Å². The number of hydrogen-bond acceptors (Lipinski definition) is 5. The van der Waals surface area contributed by atoms with E-state index in [1.54, 1.807) is 0 Å². The second-order valence-electron chi connectivity index (χ2n) is 4.90. The molecule has 0 atom stereocenters. The van der Waals surface area contributed by atoms with Crippen molar-refractivity contribution in [3.05, 3.63) is 51.9 Å². The summed E-state index contributed by atoms with van der Waals surface area (Å²) in [7, 11) is 0. The first-order chi connectivity index (χ1) is 10.0. The van der Waals surface area contributed by atoms with Crippen LogP contribution in [0.15, 0.2) is 45.4 Å². The molecule has 0 saturated heterocycles. The summed E-state index contributed by atoms with van der Waals surface area (Å²) in [6, 6.07) is 9.75. The van der Waals surface area contributed by atoms with E-state index in [1.807, 2.05) is 57.4 Å². The third-order valence-electron chi connectivity index (χ3n) is 3.01. The zero-order valence-corrected chi connectivity index (χ0v) is 13.4. The lowest BCUT2D eigenvalue weighted by atomic mass is 10.1. The van der Waals surface area contributed by atoms with Crippen LogP contribution in [0.2, 0.25) is 0 Å². The van der Waals surface area contributed by atoms with Gasteiger partial charge in [0.15, 0.2) is 0 Å². The molecule has 0 spiro atoms. The fourth-order valence-electron chi connectivity index (χ4n) is 1.84. The monoisotopic (exact) mass is 302 g/mol. The van der Waals surface area contributed by atoms with Gasteiger partial charge in [0.1, 0.15) is 5.69 Å². The quantitative estimate of drug-likeness (QED) is 0.643. The van der Waals surface area contributed by atoms with Gasteiger partial charge in [-0.2, -0.15) is 9.78 Å². The van der Waals surface area contributed by atoms with Gasteiger partial charge >= 0.3 is 0 Å². The van der Waals surface area contributed by atoms with E-state index in [4.69, 9.17) is 0 Å². The SMILES string of the molecule is CSc1nnc(C(C)C)c(=O)n1N=C(C)c1ccccc1. The average molecular weight is 302 g/mol. The Morgan fingerprint density at radius 1 is 1.24 bits per heavy atom. The number of benzene rings is 1. The van der Waals surface area contributed by atoms with Crippen LogP contribution in [0.25, 0.3) is 0 Å². The summed E-state index contributed by atoms with van der Waals surface area (Å²) in [5, 5.41) is 13.0. The molecule has 0 amide bonds. The molecule has 0 radical (unpaired) electrons. The van der Waals surface area contributed by atoms with Crippen LogP contribution < -0.4 is 5.56 Å². The molecule has 0 unspecified atom stereocenters. The Morgan fingerprint density at radius 2 is 1.90 bits per heavy atom. The number of aromatic nitrogens is 3. The number of thioether (sulfide) groups is 1. The first-order valence-electron chi connectivity index (χ1n) is 6.69. The fourth-order valence-corrected chi connectivity index (χ4v) is 2.26. The molecule has 2 rings (SSSR count). The Hall–Kier alpha value is -1.95. The van der Waals surface area contributed by atoms with Gasteiger partial charge in [-0.1, -0.05) is 55.9 Å². The van der Waals surface area contributed by atoms with E-state index in [-0.39, 0.29) is 11.5 Å². The summed E-state index contributed by atoms with van der Waals surface area (Å²) in [5.74, 6) is 0.0133. The average Bonchev–Trinajstić information content (AvgIpc) is 2.49. The third kappa shape index (κ3) is 3.39. The normalized spacial score (nSPS) is 12.0. The molecular formula is C15H18N4OS. The predicted molar refractivity (Wildman–Crippen MR) is 86.2 cm³/mol. The summed E-state index contributed by atoms with van der Waals surface area (Å²) >= 11 is 1.35. The lowest BCUT2D eigenvalue weighted by molar-refractivity contribution is 0.603. The van der Waals surface area contributed by atoms with Crippen molar-refractivity contribution < 1.29 is 0 Å². The zero-order valence-electron chi connectivity index (χ0n) is 12.6. The van der Waals surface area contributed by atoms with Crippen LogP contribution in [-0.2, 0) is 0 Å². The van der Waals surface area contributed by atoms with Crippen molar-refractivity contribution in [1.29, 1.82) is 0 Å². The van der Waals surface area contributed by atoms with Crippen molar-refractivity contribution >= 4 is 17.5 Å². The lowest BCUT2D eigenvalue weighted by Crippen LogP contribution is -2.27. The van der Waals surface area contributed by atoms with E-state index in [9.17, 15) is 4.79 Å². The molecule has 0 N–H and O–H groups in total. The van der Waals surface area contributed by atoms with Crippen LogP contribution in [0.1, 0.15) is 37.9 Å². The molecule has 0 fully saturated rings. The van der Waals surface area contributed by atoms with Crippen molar-refractivity contribution in [1.82, 2.24) is 14.9 Å². The highest BCUT2D eigenvalue weighted by molar-refractivity contribution is 7.98. The van der Waals surface area contributed by atoms with Gasteiger partial charge < -0.3 is 0 Å². The Kier molecular flexibility index (Phi) is 4.90. The summed E-state index contributed by atoms with van der Waals surface area (Å²) in [4.78, 5) is 12.5. The first-order valence-corrected chi connectivity index (χ1v) is 7.91. The lowest BCUT2D eigenvalue weighted by Gasteiger charge is -2.09. The molecule has 0 aliphatic rings. The van der Waals surface area contributed by atoms with Crippen molar-refractivity contribution in [3.63, 3.8) is 0 Å². The molecule has 0 bridgehead atoms. The van der Waals surface area contributed by atoms with Gasteiger partial charge in [0.25, 0.3) is 5.56 Å². The topological polar surface area (TPSA) is 60.1 Å². The molecule has 21 heavy (non-hydrogen) atoms. The Morgan fingerprint density at radius 3 is 2.48 bits per heavy atom. The van der Waals surface area contributed by atoms with Gasteiger partial charge in [0.2, 0.25) is 5.16 Å². The highest BCUT2D eigenvalue weighted by Crippen LogP contribution is 2.12. The van der Waals surface area contributed by atoms with Gasteiger partial charge in [-0.05, 0) is 18.7 Å². The standard InChI is InChI=1S/C15H18N4OS/c1-10(2)13-14(20)19(15(21-4)17-16-13)18-11(3)12-8-6-5-7-9-12/h5-10H,1-4H3. The maximum Gasteiger partial charge on any atom is 0.297 e. The van der Waals surface area contributed by atoms with Gasteiger partial charge in [0, 0.05) is 5.92 Å². The van der Waals surface area contributed by atoms with Gasteiger partial charge in [-0.15, -0.1) is 10.2 Å². The highest BCUT2D eigenvalue weighted by Gasteiger charge is 2.14. The van der Waals surface area contributed by atoms with E-state index < -0.39 is 0 Å². The molecule has 5 nitrogen and oxygen atoms in total. The smallest absolute Gasteiger partial charge is 0.265 e. The Bertz CT molecular complexity index is 707. The molecule has 0 aliphatic carbocycles. The molecule has 1 aromatic carbocycles. The Labute approximate surface area is 128 Å². The van der Waals surface area contributed by atoms with Gasteiger partial charge in [-0.25, -0.2) is 0 Å². The van der Waals surface area contributed by atoms with E-state index in [0.717, 1.165) is 11.3 Å². The molecule has 1 aromatic heterocycles. The van der Waals surface area contributed by atoms with Gasteiger partial charge in [-0.3, -0.25) is 4.79 Å². The van der Waals surface area contributed by atoms with E-state index in [1.165, 1.54) is 16.4 Å². The van der Waals surface area contributed by atoms with Crippen molar-refractivity contribution in [2.75, 3.05) is 6.26 Å². The maximum atomic E-state index is 12.5. The summed E-state index contributed by atoms with van der Waals surface area (Å²) in [6.45, 7) is 5.71. The third-order valence-corrected chi connectivity index (χ3v) is 3.63. The summed E-state index contributed by atoms with van der Waals surface area (Å²) in [6.07, 6.45) is 1.85. The van der Waals surface area contributed by atoms with Crippen molar-refractivity contribution in [2.24, 2.45) is 5.10 Å². The van der Waals surface area contributed by atoms with E-state index in [2.05, 4.69) is 15.3 Å². The van der Waals surface area contributed by atoms with Crippen LogP contribution in [0.5, 0.6) is 0 Å². The van der Waals surface area contributed by atoms with Crippen LogP contribution in [-0.4, -0.2) is 26.8 Å². The molecular weight excluding hydrogens is 284 g/mol. The molecule has 1 heterocycles. The predicted octanol–water partition coefficient (Wildman–Crippen LogP) is 2.76. The summed E-state index contributed by atoms with van der Waals surface area (Å²) in [5.41, 5.74) is 1.95. The second-order valence-corrected chi connectivity index (χ2v) is 5.67. The molecule has 110 valence electrons. The summed E-state index contributed by atoms with van der Waals surface area (Å²) < 4.78 is 1.34. The minimum atomic E-state index is -0.209. The van der Waals surface area contributed by atoms with Crippen LogP contribution in [0.4, 0.5) is 0 Å². The Balaban J connectivity index is 2.57. The van der Waals surface area contributed by atoms with Crippen LogP contribution in [0, 0.1) is 0 Å². The highest BCUT2D eigenvalue weighted by atomic mass is 32.2. The van der Waals surface area contributed by atoms with Crippen molar-refractivity contribution in [2.45, 2.75) is 31.8 Å². The van der Waals surface area contributed by atoms with E-state index >= 15 is 0 Å². The second kappa shape index (κ2) is 6.67. The zero-order chi connectivity index (χ0) is 15.4. The molecule has 0 saturated carbocycles. The maximum absolute atomic E-state index is 12.5. The van der Waals surface area contributed by atoms with Crippen LogP contribution >= 0.6 is 11.8 Å². The number of rotatable bonds is 4. The van der Waals surface area contributed by atoms with Crippen molar-refractivity contribution in [3.8, 4) is 0 Å². The molecule has 2 aromatic rings. The fraction of sp³-hybridized carbons (Fsp3) is 0.333. The number of hydrogen-bond donors (Lipinski definition) is 0. The molecule has 0 aliphatic heterocycles. The minimum absolute atomic E-state index is 0.0133. The minimum Gasteiger partial charge on any atom is -0.265 e.